The Morgan fingerprint density at radius 3 is 1.36 bits per heavy atom. The van der Waals surface area contributed by atoms with Crippen LogP contribution in [0, 0.1) is 51.7 Å². The van der Waals surface area contributed by atoms with Crippen molar-refractivity contribution < 1.29 is 40.6 Å². The molecule has 0 saturated heterocycles. The molecule has 31 heteroatoms. The van der Waals surface area contributed by atoms with Gasteiger partial charge in [0.1, 0.15) is 27.0 Å². The summed E-state index contributed by atoms with van der Waals surface area (Å²) in [4.78, 5) is 36.6. The van der Waals surface area contributed by atoms with E-state index in [1.807, 2.05) is 78.0 Å². The molecule has 102 heavy (non-hydrogen) atoms. The first kappa shape index (κ1) is 70.2. The number of anilines is 3. The molecule has 15 rings (SSSR count). The van der Waals surface area contributed by atoms with Gasteiger partial charge in [0, 0.05) is 126 Å². The van der Waals surface area contributed by atoms with Crippen molar-refractivity contribution in [2.45, 2.75) is 90.9 Å². The summed E-state index contributed by atoms with van der Waals surface area (Å²) in [6, 6.07) is 29.3. The largest absolute Gasteiger partial charge is 0.396 e. The highest BCUT2D eigenvalue weighted by Gasteiger charge is 2.38. The first-order valence-corrected chi connectivity index (χ1v) is 39.6. The van der Waals surface area contributed by atoms with Crippen LogP contribution in [-0.2, 0) is 48.9 Å². The zero-order chi connectivity index (χ0) is 71.1. The van der Waals surface area contributed by atoms with E-state index < -0.39 is 29.5 Å². The molecule has 12 aromatic rings. The number of aliphatic hydroxyl groups is 3. The summed E-state index contributed by atoms with van der Waals surface area (Å²) in [6.45, 7) is 0.524. The normalized spacial score (nSPS) is 17.9. The monoisotopic (exact) mass is 1460 g/mol. The molecule has 0 bridgehead atoms. The van der Waals surface area contributed by atoms with Crippen molar-refractivity contribution in [3.63, 3.8) is 0 Å². The summed E-state index contributed by atoms with van der Waals surface area (Å²) in [7, 11) is -10.5. The Kier molecular flexibility index (Phi) is 21.0. The van der Waals surface area contributed by atoms with E-state index in [-0.39, 0.29) is 93.3 Å². The number of hydrogen-bond donors (Lipinski definition) is 9. The van der Waals surface area contributed by atoms with Crippen molar-refractivity contribution in [3.05, 3.63) is 173 Å². The minimum absolute atomic E-state index is 0.00678. The number of nitriles is 3. The molecule has 0 atom stereocenters. The molecule has 26 nitrogen and oxygen atoms in total. The summed E-state index contributed by atoms with van der Waals surface area (Å²) in [5.41, 5.74) is 11.1. The Bertz CT molecular complexity index is 4980. The van der Waals surface area contributed by atoms with Gasteiger partial charge in [-0.2, -0.15) is 20.9 Å². The maximum atomic E-state index is 12.8. The third-order valence-electron chi connectivity index (χ3n) is 18.3. The van der Waals surface area contributed by atoms with Crippen LogP contribution in [0.25, 0.3) is 65.5 Å². The third kappa shape index (κ3) is 15.8. The molecule has 3 saturated carbocycles. The molecular weight excluding hydrogens is 1400 g/mol. The van der Waals surface area contributed by atoms with Crippen LogP contribution in [0.1, 0.15) is 66.6 Å². The van der Waals surface area contributed by atoms with Gasteiger partial charge in [0.2, 0.25) is 0 Å². The molecular formula is C71H69N17O9S5. The predicted molar refractivity (Wildman–Crippen MR) is 388 cm³/mol. The minimum Gasteiger partial charge on any atom is -0.396 e. The summed E-state index contributed by atoms with van der Waals surface area (Å²) >= 11 is 3.02. The summed E-state index contributed by atoms with van der Waals surface area (Å²) < 4.78 is 78.6. The second-order valence-corrected chi connectivity index (χ2v) is 33.2. The second-order valence-electron chi connectivity index (χ2n) is 25.4. The lowest BCUT2D eigenvalue weighted by atomic mass is 9.81. The van der Waals surface area contributed by atoms with E-state index in [9.17, 15) is 40.6 Å². The highest BCUT2D eigenvalue weighted by molar-refractivity contribution is 7.92. The smallest absolute Gasteiger partial charge is 0.195 e. The van der Waals surface area contributed by atoms with Gasteiger partial charge in [-0.1, -0.05) is 12.1 Å². The number of fused-ring (bicyclic) bond motifs is 3. The van der Waals surface area contributed by atoms with Gasteiger partial charge in [0.05, 0.1) is 120 Å². The van der Waals surface area contributed by atoms with Crippen LogP contribution in [0.2, 0.25) is 0 Å². The van der Waals surface area contributed by atoms with Gasteiger partial charge in [-0.25, -0.2) is 55.2 Å². The molecule has 10 heterocycles. The van der Waals surface area contributed by atoms with Gasteiger partial charge < -0.3 is 46.2 Å². The number of H-pyrrole nitrogens is 3. The van der Waals surface area contributed by atoms with E-state index in [0.717, 1.165) is 120 Å². The average Bonchev–Trinajstić information content (AvgIpc) is 1.08. The van der Waals surface area contributed by atoms with E-state index >= 15 is 0 Å². The topological polar surface area (TPSA) is 413 Å². The number of aromatic nitrogens is 11. The second kappa shape index (κ2) is 30.5. The predicted octanol–water partition coefficient (Wildman–Crippen LogP) is 9.86. The fourth-order valence-corrected chi connectivity index (χ4v) is 19.7. The van der Waals surface area contributed by atoms with E-state index in [1.165, 1.54) is 53.1 Å². The van der Waals surface area contributed by atoms with Crippen LogP contribution in [0.4, 0.5) is 17.1 Å². The van der Waals surface area contributed by atoms with Gasteiger partial charge in [-0.3, -0.25) is 4.68 Å². The average molecular weight is 1460 g/mol. The van der Waals surface area contributed by atoms with Crippen LogP contribution >= 0.6 is 22.7 Å². The minimum atomic E-state index is -3.56. The molecule has 522 valence electrons. The Morgan fingerprint density at radius 1 is 0.510 bits per heavy atom. The highest BCUT2D eigenvalue weighted by atomic mass is 32.2. The first-order chi connectivity index (χ1) is 49.4. The molecule has 0 amide bonds. The van der Waals surface area contributed by atoms with Gasteiger partial charge in [-0.15, -0.1) is 22.7 Å². The van der Waals surface area contributed by atoms with Crippen LogP contribution in [-0.4, -0.2) is 150 Å². The molecule has 3 aliphatic carbocycles. The Hall–Kier alpha value is -10.3. The number of thiazole rings is 2. The van der Waals surface area contributed by atoms with Crippen molar-refractivity contribution in [3.8, 4) is 50.6 Å². The molecule has 2 aromatic carbocycles. The maximum Gasteiger partial charge on any atom is 0.195 e. The number of aromatic amines is 3. The van der Waals surface area contributed by atoms with Gasteiger partial charge in [-0.05, 0) is 129 Å². The molecule has 9 N–H and O–H groups in total. The summed E-state index contributed by atoms with van der Waals surface area (Å²) in [5.74, 6) is 0.250. The number of nitrogens with zero attached hydrogens (tertiary/aromatic N) is 11. The Balaban J connectivity index is 0.000000137. The first-order valence-electron chi connectivity index (χ1n) is 32.9. The molecule has 10 aromatic heterocycles. The van der Waals surface area contributed by atoms with Gasteiger partial charge in [0.15, 0.2) is 34.5 Å². The zero-order valence-electron chi connectivity index (χ0n) is 54.7. The molecule has 3 aliphatic rings. The van der Waals surface area contributed by atoms with Crippen molar-refractivity contribution in [2.24, 2.45) is 17.8 Å². The van der Waals surface area contributed by atoms with Crippen molar-refractivity contribution in [1.82, 2.24) is 54.6 Å². The molecule has 0 unspecified atom stereocenters. The van der Waals surface area contributed by atoms with E-state index in [1.54, 1.807) is 59.7 Å². The van der Waals surface area contributed by atoms with Crippen LogP contribution < -0.4 is 16.0 Å². The SMILES string of the molecule is N#Cc1cccc(S(=O)(=O)CC2CC(Nc3c(-c4ccn(CCO)n4)cnc4[nH]ccc34)C2)c1.N#Cc1cccc(S(=O)(=O)CC2CC(Nc3c(-c4nc(CCO)cs4)cnc4[nH]ccc34)C2)c1.N#Cc1ccnc(S(=O)(=O)CC2CC(Nc3c(-c4nc(CCO)cs4)cnc4[nH]ccc34)C2)c1. The number of rotatable bonds is 24. The van der Waals surface area contributed by atoms with E-state index in [4.69, 9.17) is 15.8 Å². The van der Waals surface area contributed by atoms with Crippen molar-refractivity contribution >= 4 is 102 Å². The summed E-state index contributed by atoms with van der Waals surface area (Å²) in [5, 5.41) is 78.4. The molecule has 0 spiro atoms. The number of hydrogen-bond acceptors (Lipinski definition) is 24. The van der Waals surface area contributed by atoms with Crippen molar-refractivity contribution in [1.29, 1.82) is 15.8 Å². The maximum absolute atomic E-state index is 12.8. The van der Waals surface area contributed by atoms with Crippen LogP contribution in [0.5, 0.6) is 0 Å². The highest BCUT2D eigenvalue weighted by Crippen LogP contribution is 2.43. The Morgan fingerprint density at radius 2 is 0.931 bits per heavy atom. The molecule has 0 aliphatic heterocycles. The van der Waals surface area contributed by atoms with E-state index in [2.05, 4.69) is 65.9 Å². The van der Waals surface area contributed by atoms with Crippen LogP contribution in [0.15, 0.2) is 160 Å². The number of nitrogens with one attached hydrogen (secondary N) is 6. The zero-order valence-corrected chi connectivity index (χ0v) is 58.8. The van der Waals surface area contributed by atoms with Crippen LogP contribution in [0.3, 0.4) is 0 Å². The Labute approximate surface area is 595 Å². The fourth-order valence-electron chi connectivity index (χ4n) is 13.0. The number of pyridine rings is 4. The summed E-state index contributed by atoms with van der Waals surface area (Å²) in [6.07, 6.45) is 19.4. The van der Waals surface area contributed by atoms with Gasteiger partial charge >= 0.3 is 0 Å². The fraction of sp³-hybridized carbons (Fsp3) is 0.296. The number of aliphatic hydroxyl groups excluding tert-OH is 3. The van der Waals surface area contributed by atoms with E-state index in [0.29, 0.717) is 43.4 Å². The standard InChI is InChI=1S/C24H24N6O3S.C24H23N5O3S2.C23H22N6O3S2/c25-13-16-2-1-3-19(12-16)34(32,33)15-17-10-18(11-17)28-23-20-4-6-26-24(20)27-14-21(23)22-5-7-30(29-22)8-9-31;25-11-15-2-1-3-19(10-15)34(31,32)14-16-8-18(9-16)28-22-20-4-6-26-23(20)27-12-21(22)24-29-17(5-7-30)13-33-24;24-10-14-1-4-25-20(9-14)34(31,32)13-15-7-17(8-15)28-21-18-2-5-26-22(18)27-11-19(21)23-29-16(3-6-30)12-33-23/h1-7,12,14,17-18,31H,8-11,15H2,(H2,26,27,28);1-4,6,10,12-13,16,18,30H,5,7-9,14H2,(H2,26,27,28);1-2,4-5,9,11-12,15,17,30H,3,6-8,13H2,(H2,26,27,28). The van der Waals surface area contributed by atoms with Gasteiger partial charge in [0.25, 0.3) is 0 Å². The molecule has 0 radical (unpaired) electrons. The lowest BCUT2D eigenvalue weighted by Gasteiger charge is -2.36. The lowest BCUT2D eigenvalue weighted by molar-refractivity contribution is 0.269. The number of benzene rings is 2. The number of sulfone groups is 3. The quantitative estimate of drug-likeness (QED) is 0.0271. The van der Waals surface area contributed by atoms with Crippen molar-refractivity contribution in [2.75, 3.05) is 53.0 Å². The lowest BCUT2D eigenvalue weighted by Crippen LogP contribution is -2.39. The molecule has 3 fully saturated rings. The third-order valence-corrected chi connectivity index (χ3v) is 25.6.